The largest absolute Gasteiger partial charge is 0.508 e. The van der Waals surface area contributed by atoms with Gasteiger partial charge in [0.1, 0.15) is 29.9 Å². The molecule has 0 radical (unpaired) electrons. The van der Waals surface area contributed by atoms with E-state index < -0.39 is 72.2 Å². The fourth-order valence-electron chi connectivity index (χ4n) is 5.58. The number of aliphatic carboxylic acids is 2. The summed E-state index contributed by atoms with van der Waals surface area (Å²) in [6.07, 6.45) is 0.343. The van der Waals surface area contributed by atoms with Gasteiger partial charge in [0.25, 0.3) is 0 Å². The van der Waals surface area contributed by atoms with Crippen molar-refractivity contribution in [3.8, 4) is 5.75 Å². The highest BCUT2D eigenvalue weighted by atomic mass is 16.4. The third-order valence-electron chi connectivity index (χ3n) is 8.07. The third kappa shape index (κ3) is 11.4. The fourth-order valence-corrected chi connectivity index (χ4v) is 5.58. The minimum atomic E-state index is -1.38. The number of amides is 4. The van der Waals surface area contributed by atoms with Crippen LogP contribution in [0.3, 0.4) is 0 Å². The summed E-state index contributed by atoms with van der Waals surface area (Å²) in [5.74, 6) is -5.06. The maximum Gasteiger partial charge on any atom is 0.326 e. The topological polar surface area (TPSA) is 228 Å². The Kier molecular flexibility index (Phi) is 13.9. The molecule has 0 aliphatic carbocycles. The Morgan fingerprint density at radius 3 is 2.06 bits per heavy atom. The average molecular weight is 668 g/mol. The van der Waals surface area contributed by atoms with Gasteiger partial charge < -0.3 is 41.9 Å². The van der Waals surface area contributed by atoms with E-state index >= 15 is 0 Å². The predicted molar refractivity (Wildman–Crippen MR) is 174 cm³/mol. The van der Waals surface area contributed by atoms with Crippen LogP contribution in [0.5, 0.6) is 5.75 Å². The Hall–Kier alpha value is -4.98. The van der Waals surface area contributed by atoms with Crippen LogP contribution in [-0.4, -0.2) is 92.5 Å². The molecular formula is C34H45N5O9. The van der Waals surface area contributed by atoms with Gasteiger partial charge in [-0.3, -0.25) is 24.0 Å². The van der Waals surface area contributed by atoms with E-state index in [0.29, 0.717) is 12.0 Å². The van der Waals surface area contributed by atoms with E-state index in [1.165, 1.54) is 17.0 Å². The Morgan fingerprint density at radius 2 is 1.46 bits per heavy atom. The van der Waals surface area contributed by atoms with Crippen molar-refractivity contribution in [1.29, 1.82) is 0 Å². The van der Waals surface area contributed by atoms with Crippen molar-refractivity contribution in [1.82, 2.24) is 20.9 Å². The summed E-state index contributed by atoms with van der Waals surface area (Å²) in [4.78, 5) is 78.3. The van der Waals surface area contributed by atoms with E-state index in [4.69, 9.17) is 5.73 Å². The molecular weight excluding hydrogens is 622 g/mol. The number of carbonyl (C=O) groups is 6. The lowest BCUT2D eigenvalue weighted by molar-refractivity contribution is -0.144. The van der Waals surface area contributed by atoms with Crippen LogP contribution in [0.25, 0.3) is 0 Å². The Balaban J connectivity index is 1.72. The lowest BCUT2D eigenvalue weighted by atomic mass is 10.0. The minimum Gasteiger partial charge on any atom is -0.508 e. The van der Waals surface area contributed by atoms with E-state index in [-0.39, 0.29) is 50.3 Å². The number of rotatable bonds is 17. The van der Waals surface area contributed by atoms with Gasteiger partial charge in [0, 0.05) is 19.4 Å². The Labute approximate surface area is 279 Å². The van der Waals surface area contributed by atoms with Gasteiger partial charge in [0.05, 0.1) is 6.04 Å². The van der Waals surface area contributed by atoms with Crippen molar-refractivity contribution in [2.24, 2.45) is 11.7 Å². The zero-order valence-electron chi connectivity index (χ0n) is 27.1. The molecule has 2 aromatic carbocycles. The first kappa shape index (κ1) is 37.5. The van der Waals surface area contributed by atoms with Gasteiger partial charge >= 0.3 is 11.9 Å². The van der Waals surface area contributed by atoms with Crippen molar-refractivity contribution in [3.63, 3.8) is 0 Å². The molecule has 0 bridgehead atoms. The van der Waals surface area contributed by atoms with Gasteiger partial charge in [-0.25, -0.2) is 4.79 Å². The van der Waals surface area contributed by atoms with Gasteiger partial charge in [-0.2, -0.15) is 0 Å². The number of phenols is 1. The fraction of sp³-hybridized carbons (Fsp3) is 0.471. The number of hydrogen-bond donors (Lipinski definition) is 7. The van der Waals surface area contributed by atoms with Crippen LogP contribution in [0.15, 0.2) is 54.6 Å². The van der Waals surface area contributed by atoms with E-state index in [9.17, 15) is 44.1 Å². The number of nitrogens with one attached hydrogen (secondary N) is 3. The summed E-state index contributed by atoms with van der Waals surface area (Å²) in [6, 6.07) is 9.17. The van der Waals surface area contributed by atoms with Crippen molar-refractivity contribution < 1.29 is 44.1 Å². The van der Waals surface area contributed by atoms with Gasteiger partial charge in [-0.1, -0.05) is 56.3 Å². The lowest BCUT2D eigenvalue weighted by Gasteiger charge is -2.31. The van der Waals surface area contributed by atoms with Crippen molar-refractivity contribution in [2.45, 2.75) is 89.0 Å². The zero-order valence-corrected chi connectivity index (χ0v) is 27.1. The van der Waals surface area contributed by atoms with E-state index in [1.807, 2.05) is 13.8 Å². The van der Waals surface area contributed by atoms with Crippen LogP contribution in [-0.2, 0) is 41.6 Å². The van der Waals surface area contributed by atoms with Crippen LogP contribution in [0.2, 0.25) is 0 Å². The average Bonchev–Trinajstić information content (AvgIpc) is 3.53. The monoisotopic (exact) mass is 667 g/mol. The molecule has 1 heterocycles. The highest BCUT2D eigenvalue weighted by Gasteiger charge is 2.39. The quantitative estimate of drug-likeness (QED) is 0.126. The second-order valence-electron chi connectivity index (χ2n) is 12.4. The number of hydrogen-bond acceptors (Lipinski definition) is 8. The summed E-state index contributed by atoms with van der Waals surface area (Å²) in [6.45, 7) is 3.97. The molecule has 0 unspecified atom stereocenters. The standard InChI is InChI=1S/C34H45N5O9/c1-20(2)17-26(37-30(43)24(35)18-22-10-12-23(40)13-11-22)33(46)39-16-6-9-28(39)32(45)36-25(14-15-29(41)42)31(44)38-27(34(47)48)19-21-7-4-3-5-8-21/h3-5,7-8,10-13,20,24-28,40H,6,9,14-19,35H2,1-2H3,(H,36,45)(H,37,43)(H,38,44)(H,41,42)(H,47,48)/t24-,25-,26-,27-,28-/m0/s1. The molecule has 1 aliphatic rings. The molecule has 8 N–H and O–H groups in total. The van der Waals surface area contributed by atoms with Gasteiger partial charge in [0.15, 0.2) is 0 Å². The highest BCUT2D eigenvalue weighted by molar-refractivity contribution is 5.96. The smallest absolute Gasteiger partial charge is 0.326 e. The summed E-state index contributed by atoms with van der Waals surface area (Å²) in [5.41, 5.74) is 7.52. The Bertz CT molecular complexity index is 1430. The van der Waals surface area contributed by atoms with Crippen molar-refractivity contribution in [3.05, 3.63) is 65.7 Å². The maximum atomic E-state index is 13.8. The first-order valence-corrected chi connectivity index (χ1v) is 16.0. The predicted octanol–water partition coefficient (Wildman–Crippen LogP) is 0.946. The van der Waals surface area contributed by atoms with Crippen LogP contribution in [0, 0.1) is 5.92 Å². The number of likely N-dealkylation sites (tertiary alicyclic amines) is 1. The summed E-state index contributed by atoms with van der Waals surface area (Å²) >= 11 is 0. The number of nitrogens with zero attached hydrogens (tertiary/aromatic N) is 1. The second kappa shape index (κ2) is 17.8. The SMILES string of the molecule is CC(C)C[C@H](NC(=O)[C@@H](N)Cc1ccc(O)cc1)C(=O)N1CCC[C@H]1C(=O)N[C@@H](CCC(=O)O)C(=O)N[C@@H](Cc1ccccc1)C(=O)O. The van der Waals surface area contributed by atoms with Crippen molar-refractivity contribution in [2.75, 3.05) is 6.54 Å². The summed E-state index contributed by atoms with van der Waals surface area (Å²) in [5, 5.41) is 36.2. The Morgan fingerprint density at radius 1 is 0.833 bits per heavy atom. The normalized spacial score (nSPS) is 16.8. The number of aromatic hydroxyl groups is 1. The lowest BCUT2D eigenvalue weighted by Crippen LogP contribution is -2.58. The molecule has 260 valence electrons. The minimum absolute atomic E-state index is 0.00962. The molecule has 1 fully saturated rings. The molecule has 2 aromatic rings. The number of carbonyl (C=O) groups excluding carboxylic acids is 4. The number of carboxylic acids is 2. The number of carboxylic acid groups (broad SMARTS) is 2. The zero-order chi connectivity index (χ0) is 35.4. The van der Waals surface area contributed by atoms with E-state index in [2.05, 4.69) is 16.0 Å². The van der Waals surface area contributed by atoms with Crippen LogP contribution in [0.4, 0.5) is 0 Å². The number of benzene rings is 2. The maximum absolute atomic E-state index is 13.8. The van der Waals surface area contributed by atoms with Gasteiger partial charge in [0.2, 0.25) is 23.6 Å². The van der Waals surface area contributed by atoms with Crippen LogP contribution >= 0.6 is 0 Å². The molecule has 14 nitrogen and oxygen atoms in total. The van der Waals surface area contributed by atoms with E-state index in [1.54, 1.807) is 42.5 Å². The van der Waals surface area contributed by atoms with Crippen molar-refractivity contribution >= 4 is 35.6 Å². The molecule has 0 spiro atoms. The molecule has 1 aliphatic heterocycles. The first-order valence-electron chi connectivity index (χ1n) is 16.0. The molecule has 48 heavy (non-hydrogen) atoms. The molecule has 3 rings (SSSR count). The molecule has 0 saturated carbocycles. The number of nitrogens with two attached hydrogens (primary N) is 1. The van der Waals surface area contributed by atoms with E-state index in [0.717, 1.165) is 5.56 Å². The van der Waals surface area contributed by atoms with Crippen LogP contribution < -0.4 is 21.7 Å². The highest BCUT2D eigenvalue weighted by Crippen LogP contribution is 2.21. The second-order valence-corrected chi connectivity index (χ2v) is 12.4. The summed E-state index contributed by atoms with van der Waals surface area (Å²) in [7, 11) is 0. The molecule has 4 amide bonds. The first-order chi connectivity index (χ1) is 22.7. The molecule has 14 heteroatoms. The third-order valence-corrected chi connectivity index (χ3v) is 8.07. The van der Waals surface area contributed by atoms with Crippen LogP contribution in [0.1, 0.15) is 57.1 Å². The van der Waals surface area contributed by atoms with Gasteiger partial charge in [-0.15, -0.1) is 0 Å². The number of phenolic OH excluding ortho intramolecular Hbond substituents is 1. The molecule has 0 aromatic heterocycles. The summed E-state index contributed by atoms with van der Waals surface area (Å²) < 4.78 is 0. The van der Waals surface area contributed by atoms with Gasteiger partial charge in [-0.05, 0) is 61.3 Å². The molecule has 5 atom stereocenters. The molecule has 1 saturated heterocycles.